The molecule has 17 heavy (non-hydrogen) atoms. The van der Waals surface area contributed by atoms with Crippen molar-refractivity contribution >= 4 is 0 Å². The zero-order valence-corrected chi connectivity index (χ0v) is 12.6. The van der Waals surface area contributed by atoms with E-state index in [0.717, 1.165) is 13.0 Å². The van der Waals surface area contributed by atoms with Gasteiger partial charge in [-0.1, -0.05) is 33.1 Å². The SMILES string of the molecule is CCCCCC(CCC(C)(C)OC)NCCC. The van der Waals surface area contributed by atoms with Crippen LogP contribution in [0.15, 0.2) is 0 Å². The van der Waals surface area contributed by atoms with E-state index in [0.29, 0.717) is 6.04 Å². The number of rotatable bonds is 11. The number of nitrogens with one attached hydrogen (secondary N) is 1. The van der Waals surface area contributed by atoms with Gasteiger partial charge in [-0.25, -0.2) is 0 Å². The van der Waals surface area contributed by atoms with Crippen LogP contribution in [0.3, 0.4) is 0 Å². The van der Waals surface area contributed by atoms with Gasteiger partial charge in [-0.3, -0.25) is 0 Å². The highest BCUT2D eigenvalue weighted by molar-refractivity contribution is 4.74. The molecule has 0 aliphatic rings. The Morgan fingerprint density at radius 1 is 1.06 bits per heavy atom. The lowest BCUT2D eigenvalue weighted by Gasteiger charge is -2.26. The Labute approximate surface area is 109 Å². The molecule has 0 saturated heterocycles. The highest BCUT2D eigenvalue weighted by atomic mass is 16.5. The molecule has 0 amide bonds. The molecule has 0 rings (SSSR count). The summed E-state index contributed by atoms with van der Waals surface area (Å²) < 4.78 is 5.49. The predicted molar refractivity (Wildman–Crippen MR) is 76.5 cm³/mol. The summed E-state index contributed by atoms with van der Waals surface area (Å²) in [6.45, 7) is 9.99. The first kappa shape index (κ1) is 16.9. The van der Waals surface area contributed by atoms with Crippen LogP contribution in [0.4, 0.5) is 0 Å². The molecular weight excluding hydrogens is 210 g/mol. The van der Waals surface area contributed by atoms with Crippen molar-refractivity contribution < 1.29 is 4.74 Å². The number of unbranched alkanes of at least 4 members (excludes halogenated alkanes) is 2. The minimum Gasteiger partial charge on any atom is -0.379 e. The maximum atomic E-state index is 5.49. The smallest absolute Gasteiger partial charge is 0.0623 e. The molecule has 0 heterocycles. The summed E-state index contributed by atoms with van der Waals surface area (Å²) in [5.41, 5.74) is 0.0247. The van der Waals surface area contributed by atoms with Gasteiger partial charge in [0, 0.05) is 13.2 Å². The third-order valence-corrected chi connectivity index (χ3v) is 3.49. The molecule has 0 aliphatic heterocycles. The van der Waals surface area contributed by atoms with E-state index < -0.39 is 0 Å². The first-order chi connectivity index (χ1) is 8.05. The van der Waals surface area contributed by atoms with Crippen LogP contribution >= 0.6 is 0 Å². The lowest BCUT2D eigenvalue weighted by Crippen LogP contribution is -2.33. The first-order valence-corrected chi connectivity index (χ1v) is 7.34. The van der Waals surface area contributed by atoms with E-state index in [-0.39, 0.29) is 5.60 Å². The van der Waals surface area contributed by atoms with Crippen molar-refractivity contribution in [2.45, 2.75) is 84.3 Å². The topological polar surface area (TPSA) is 21.3 Å². The highest BCUT2D eigenvalue weighted by Crippen LogP contribution is 2.19. The van der Waals surface area contributed by atoms with Crippen LogP contribution in [-0.2, 0) is 4.74 Å². The van der Waals surface area contributed by atoms with Crippen LogP contribution in [0.5, 0.6) is 0 Å². The summed E-state index contributed by atoms with van der Waals surface area (Å²) in [7, 11) is 1.81. The number of hydrogen-bond acceptors (Lipinski definition) is 2. The minimum absolute atomic E-state index is 0.0247. The Kier molecular flexibility index (Phi) is 9.85. The number of ether oxygens (including phenoxy) is 1. The van der Waals surface area contributed by atoms with E-state index >= 15 is 0 Å². The Morgan fingerprint density at radius 2 is 1.76 bits per heavy atom. The van der Waals surface area contributed by atoms with E-state index in [1.807, 2.05) is 7.11 Å². The van der Waals surface area contributed by atoms with Gasteiger partial charge >= 0.3 is 0 Å². The van der Waals surface area contributed by atoms with E-state index in [4.69, 9.17) is 4.74 Å². The third-order valence-electron chi connectivity index (χ3n) is 3.49. The van der Waals surface area contributed by atoms with Crippen LogP contribution in [0.1, 0.15) is 72.6 Å². The van der Waals surface area contributed by atoms with Gasteiger partial charge in [-0.2, -0.15) is 0 Å². The van der Waals surface area contributed by atoms with Gasteiger partial charge in [-0.05, 0) is 46.1 Å². The van der Waals surface area contributed by atoms with Gasteiger partial charge in [0.2, 0.25) is 0 Å². The van der Waals surface area contributed by atoms with Crippen LogP contribution in [0.25, 0.3) is 0 Å². The number of methoxy groups -OCH3 is 1. The van der Waals surface area contributed by atoms with Crippen molar-refractivity contribution in [2.24, 2.45) is 0 Å². The summed E-state index contributed by atoms with van der Waals surface area (Å²) in [5, 5.41) is 3.67. The molecule has 0 fully saturated rings. The van der Waals surface area contributed by atoms with E-state index in [1.54, 1.807) is 0 Å². The maximum absolute atomic E-state index is 5.49. The van der Waals surface area contributed by atoms with Gasteiger partial charge in [0.25, 0.3) is 0 Å². The molecule has 1 unspecified atom stereocenters. The maximum Gasteiger partial charge on any atom is 0.0623 e. The molecular formula is C15H33NO. The Morgan fingerprint density at radius 3 is 2.29 bits per heavy atom. The zero-order valence-electron chi connectivity index (χ0n) is 12.6. The average Bonchev–Trinajstić information content (AvgIpc) is 2.32. The lowest BCUT2D eigenvalue weighted by molar-refractivity contribution is 0.0115. The fraction of sp³-hybridized carbons (Fsp3) is 1.00. The minimum atomic E-state index is 0.0247. The van der Waals surface area contributed by atoms with Crippen molar-refractivity contribution in [3.05, 3.63) is 0 Å². The molecule has 2 heteroatoms. The molecule has 0 radical (unpaired) electrons. The summed E-state index contributed by atoms with van der Waals surface area (Å²) in [4.78, 5) is 0. The van der Waals surface area contributed by atoms with E-state index in [2.05, 4.69) is 33.0 Å². The van der Waals surface area contributed by atoms with Crippen molar-refractivity contribution in [1.82, 2.24) is 5.32 Å². The molecule has 0 aromatic rings. The normalized spacial score (nSPS) is 13.9. The van der Waals surface area contributed by atoms with Gasteiger partial charge in [0.1, 0.15) is 0 Å². The van der Waals surface area contributed by atoms with Crippen LogP contribution in [0.2, 0.25) is 0 Å². The zero-order chi connectivity index (χ0) is 13.1. The second-order valence-corrected chi connectivity index (χ2v) is 5.65. The van der Waals surface area contributed by atoms with Gasteiger partial charge in [-0.15, -0.1) is 0 Å². The average molecular weight is 243 g/mol. The summed E-state index contributed by atoms with van der Waals surface area (Å²) in [5.74, 6) is 0. The van der Waals surface area contributed by atoms with Gasteiger partial charge < -0.3 is 10.1 Å². The van der Waals surface area contributed by atoms with Crippen molar-refractivity contribution in [2.75, 3.05) is 13.7 Å². The molecule has 104 valence electrons. The standard InChI is InChI=1S/C15H33NO/c1-6-8-9-10-14(16-13-7-2)11-12-15(3,4)17-5/h14,16H,6-13H2,1-5H3. The van der Waals surface area contributed by atoms with E-state index in [1.165, 1.54) is 38.5 Å². The second kappa shape index (κ2) is 9.90. The largest absolute Gasteiger partial charge is 0.379 e. The first-order valence-electron chi connectivity index (χ1n) is 7.34. The summed E-state index contributed by atoms with van der Waals surface area (Å²) in [6, 6.07) is 0.677. The Hall–Kier alpha value is -0.0800. The molecule has 0 saturated carbocycles. The molecule has 0 aromatic heterocycles. The molecule has 1 atom stereocenters. The molecule has 2 nitrogen and oxygen atoms in total. The molecule has 1 N–H and O–H groups in total. The molecule has 0 spiro atoms. The Bertz CT molecular complexity index is 168. The highest BCUT2D eigenvalue weighted by Gasteiger charge is 2.18. The number of hydrogen-bond donors (Lipinski definition) is 1. The van der Waals surface area contributed by atoms with Crippen molar-refractivity contribution in [3.8, 4) is 0 Å². The molecule has 0 aromatic carbocycles. The lowest BCUT2D eigenvalue weighted by atomic mass is 9.96. The van der Waals surface area contributed by atoms with Gasteiger partial charge in [0.05, 0.1) is 5.60 Å². The van der Waals surface area contributed by atoms with Crippen molar-refractivity contribution in [3.63, 3.8) is 0 Å². The monoisotopic (exact) mass is 243 g/mol. The van der Waals surface area contributed by atoms with E-state index in [9.17, 15) is 0 Å². The van der Waals surface area contributed by atoms with Crippen molar-refractivity contribution in [1.29, 1.82) is 0 Å². The summed E-state index contributed by atoms with van der Waals surface area (Å²) >= 11 is 0. The van der Waals surface area contributed by atoms with Crippen LogP contribution < -0.4 is 5.32 Å². The summed E-state index contributed by atoms with van der Waals surface area (Å²) in [6.07, 6.45) is 8.92. The quantitative estimate of drug-likeness (QED) is 0.551. The fourth-order valence-electron chi connectivity index (χ4n) is 1.96. The second-order valence-electron chi connectivity index (χ2n) is 5.65. The van der Waals surface area contributed by atoms with Gasteiger partial charge in [0.15, 0.2) is 0 Å². The predicted octanol–water partition coefficient (Wildman–Crippen LogP) is 4.14. The van der Waals surface area contributed by atoms with Crippen LogP contribution in [0, 0.1) is 0 Å². The fourth-order valence-corrected chi connectivity index (χ4v) is 1.96. The Balaban J connectivity index is 3.91. The molecule has 0 bridgehead atoms. The molecule has 0 aliphatic carbocycles. The van der Waals surface area contributed by atoms with Crippen LogP contribution in [-0.4, -0.2) is 25.3 Å². The third kappa shape index (κ3) is 9.61.